The first-order valence-corrected chi connectivity index (χ1v) is 10.3. The number of hydrogen-bond donors (Lipinski definition) is 1. The Morgan fingerprint density at radius 1 is 1.04 bits per heavy atom. The van der Waals surface area contributed by atoms with Crippen LogP contribution in [0.5, 0.6) is 0 Å². The Kier molecular flexibility index (Phi) is 3.82. The van der Waals surface area contributed by atoms with Gasteiger partial charge in [-0.05, 0) is 74.3 Å². The Balaban J connectivity index is 1.48. The zero-order chi connectivity index (χ0) is 17.8. The monoisotopic (exact) mass is 354 g/mol. The molecule has 1 aliphatic heterocycles. The number of nitrogens with zero attached hydrogens (tertiary/aromatic N) is 1. The maximum absolute atomic E-state index is 13.0. The van der Waals surface area contributed by atoms with Gasteiger partial charge in [0, 0.05) is 25.7 Å². The number of methoxy groups -OCH3 is 1. The third-order valence-electron chi connectivity index (χ3n) is 7.50. The normalized spacial score (nSPS) is 38.0. The van der Waals surface area contributed by atoms with Crippen LogP contribution in [0.3, 0.4) is 0 Å². The molecule has 6 rings (SSSR count). The summed E-state index contributed by atoms with van der Waals surface area (Å²) in [5, 5.41) is 3.54. The van der Waals surface area contributed by atoms with Crippen LogP contribution < -0.4 is 5.32 Å². The number of carbonyl (C=O) groups excluding carboxylic acids is 1. The van der Waals surface area contributed by atoms with Gasteiger partial charge in [0.2, 0.25) is 0 Å². The van der Waals surface area contributed by atoms with E-state index in [9.17, 15) is 4.79 Å². The van der Waals surface area contributed by atoms with E-state index in [0.717, 1.165) is 58.0 Å². The number of piperidine rings is 1. The van der Waals surface area contributed by atoms with E-state index in [-0.39, 0.29) is 17.2 Å². The number of hydrogen-bond acceptors (Lipinski definition) is 2. The third kappa shape index (κ3) is 2.57. The zero-order valence-electron chi connectivity index (χ0n) is 15.8. The number of benzene rings is 1. The van der Waals surface area contributed by atoms with Gasteiger partial charge >= 0.3 is 6.03 Å². The first-order valence-electron chi connectivity index (χ1n) is 10.3. The molecular weight excluding hydrogens is 324 g/mol. The smallest absolute Gasteiger partial charge is 0.317 e. The fourth-order valence-corrected chi connectivity index (χ4v) is 6.54. The summed E-state index contributed by atoms with van der Waals surface area (Å²) >= 11 is 0. The lowest BCUT2D eigenvalue weighted by Crippen LogP contribution is -2.63. The van der Waals surface area contributed by atoms with Crippen molar-refractivity contribution in [2.24, 2.45) is 0 Å². The molecule has 1 aromatic rings. The van der Waals surface area contributed by atoms with Crippen molar-refractivity contribution in [3.05, 3.63) is 35.4 Å². The van der Waals surface area contributed by atoms with Crippen molar-refractivity contribution in [2.45, 2.75) is 74.3 Å². The largest absolute Gasteiger partial charge is 0.378 e. The molecule has 140 valence electrons. The van der Waals surface area contributed by atoms with E-state index in [0.29, 0.717) is 11.8 Å². The molecule has 0 spiro atoms. The molecule has 1 N–H and O–H groups in total. The van der Waals surface area contributed by atoms with Crippen molar-refractivity contribution in [1.29, 1.82) is 0 Å². The lowest BCUT2D eigenvalue weighted by molar-refractivity contribution is -0.101. The Morgan fingerprint density at radius 2 is 1.65 bits per heavy atom. The van der Waals surface area contributed by atoms with Gasteiger partial charge in [0.1, 0.15) is 0 Å². The molecule has 4 aliphatic carbocycles. The van der Waals surface area contributed by atoms with Gasteiger partial charge in [-0.3, -0.25) is 0 Å². The number of ether oxygens (including phenoxy) is 1. The number of rotatable bonds is 2. The molecule has 26 heavy (non-hydrogen) atoms. The zero-order valence-corrected chi connectivity index (χ0v) is 15.8. The number of carbonyl (C=O) groups is 1. The second-order valence-corrected chi connectivity index (χ2v) is 9.16. The van der Waals surface area contributed by atoms with Gasteiger partial charge < -0.3 is 15.0 Å². The van der Waals surface area contributed by atoms with Gasteiger partial charge in [-0.1, -0.05) is 24.3 Å². The highest BCUT2D eigenvalue weighted by Gasteiger charge is 2.58. The van der Waals surface area contributed by atoms with Gasteiger partial charge in [-0.25, -0.2) is 4.79 Å². The summed E-state index contributed by atoms with van der Waals surface area (Å²) in [4.78, 5) is 15.1. The minimum atomic E-state index is -0.116. The van der Waals surface area contributed by atoms with E-state index in [1.165, 1.54) is 17.5 Å². The Hall–Kier alpha value is -1.55. The summed E-state index contributed by atoms with van der Waals surface area (Å²) in [6.07, 6.45) is 8.81. The van der Waals surface area contributed by atoms with Crippen LogP contribution in [-0.4, -0.2) is 42.3 Å². The standard InChI is InChI=1S/C22H30N2O2/c1-26-22-13-16-11-21(15-22,23-20(25)24-9-5-2-6-10-24)12-17(14-22)19-8-4-3-7-18(16)19/h3-4,7-8,16-17H,2,5-6,9-15H2,1H3,(H,23,25). The summed E-state index contributed by atoms with van der Waals surface area (Å²) in [5.41, 5.74) is 2.81. The lowest BCUT2D eigenvalue weighted by Gasteiger charge is -2.54. The molecule has 1 aromatic carbocycles. The van der Waals surface area contributed by atoms with Crippen LogP contribution in [0.25, 0.3) is 0 Å². The average molecular weight is 354 g/mol. The number of amides is 2. The maximum Gasteiger partial charge on any atom is 0.317 e. The predicted octanol–water partition coefficient (Wildman–Crippen LogP) is 4.16. The van der Waals surface area contributed by atoms with Gasteiger partial charge in [-0.15, -0.1) is 0 Å². The van der Waals surface area contributed by atoms with Gasteiger partial charge in [0.15, 0.2) is 0 Å². The molecule has 3 fully saturated rings. The van der Waals surface area contributed by atoms with Crippen LogP contribution in [0.15, 0.2) is 24.3 Å². The summed E-state index contributed by atoms with van der Waals surface area (Å²) in [7, 11) is 1.87. The maximum atomic E-state index is 13.0. The Bertz CT molecular complexity index is 675. The minimum absolute atomic E-state index is 0.0833. The minimum Gasteiger partial charge on any atom is -0.378 e. The molecule has 2 amide bonds. The molecular formula is C22H30N2O2. The number of urea groups is 1. The van der Waals surface area contributed by atoms with E-state index < -0.39 is 0 Å². The molecule has 0 aromatic heterocycles. The summed E-state index contributed by atoms with van der Waals surface area (Å²) in [5.74, 6) is 0.989. The van der Waals surface area contributed by atoms with Crippen molar-refractivity contribution >= 4 is 6.03 Å². The Labute approximate surface area is 156 Å². The molecule has 2 saturated carbocycles. The van der Waals surface area contributed by atoms with Crippen molar-refractivity contribution in [3.63, 3.8) is 0 Å². The fraction of sp³-hybridized carbons (Fsp3) is 0.682. The quantitative estimate of drug-likeness (QED) is 0.866. The predicted molar refractivity (Wildman–Crippen MR) is 101 cm³/mol. The highest BCUT2D eigenvalue weighted by Crippen LogP contribution is 2.60. The van der Waals surface area contributed by atoms with Crippen molar-refractivity contribution in [2.75, 3.05) is 20.2 Å². The highest BCUT2D eigenvalue weighted by molar-refractivity contribution is 5.75. The SMILES string of the molecule is COC12CC3CC(NC(=O)N4CCCCC4)(CC(C1)c1ccccc13)C2. The summed E-state index contributed by atoms with van der Waals surface area (Å²) in [6, 6.07) is 9.12. The van der Waals surface area contributed by atoms with E-state index in [1.54, 1.807) is 0 Å². The lowest BCUT2D eigenvalue weighted by atomic mass is 9.60. The van der Waals surface area contributed by atoms with Crippen LogP contribution in [0, 0.1) is 0 Å². The second kappa shape index (κ2) is 5.98. The molecule has 2 unspecified atom stereocenters. The number of nitrogens with one attached hydrogen (secondary N) is 1. The van der Waals surface area contributed by atoms with Gasteiger partial charge in [-0.2, -0.15) is 0 Å². The van der Waals surface area contributed by atoms with Gasteiger partial charge in [0.25, 0.3) is 0 Å². The van der Waals surface area contributed by atoms with Crippen molar-refractivity contribution in [3.8, 4) is 0 Å². The van der Waals surface area contributed by atoms with Crippen LogP contribution in [0.2, 0.25) is 0 Å². The van der Waals surface area contributed by atoms with E-state index in [2.05, 4.69) is 29.6 Å². The van der Waals surface area contributed by atoms with Crippen LogP contribution in [0.1, 0.15) is 74.3 Å². The topological polar surface area (TPSA) is 41.6 Å². The van der Waals surface area contributed by atoms with Crippen molar-refractivity contribution < 1.29 is 9.53 Å². The van der Waals surface area contributed by atoms with Crippen LogP contribution in [-0.2, 0) is 4.74 Å². The first-order chi connectivity index (χ1) is 12.6. The molecule has 5 aliphatic rings. The highest BCUT2D eigenvalue weighted by atomic mass is 16.5. The molecule has 2 atom stereocenters. The van der Waals surface area contributed by atoms with Gasteiger partial charge in [0.05, 0.1) is 5.60 Å². The van der Waals surface area contributed by atoms with E-state index in [1.807, 2.05) is 12.0 Å². The molecule has 4 bridgehead atoms. The number of likely N-dealkylation sites (tertiary alicyclic amines) is 1. The molecule has 4 heteroatoms. The molecule has 1 saturated heterocycles. The average Bonchev–Trinajstić information content (AvgIpc) is 2.82. The fourth-order valence-electron chi connectivity index (χ4n) is 6.54. The molecule has 0 radical (unpaired) electrons. The Morgan fingerprint density at radius 3 is 2.23 bits per heavy atom. The molecule has 4 nitrogen and oxygen atoms in total. The van der Waals surface area contributed by atoms with Crippen LogP contribution >= 0.6 is 0 Å². The van der Waals surface area contributed by atoms with Crippen LogP contribution in [0.4, 0.5) is 4.79 Å². The van der Waals surface area contributed by atoms with Crippen molar-refractivity contribution in [1.82, 2.24) is 10.2 Å². The molecule has 1 heterocycles. The third-order valence-corrected chi connectivity index (χ3v) is 7.50. The summed E-state index contributed by atoms with van der Waals surface area (Å²) < 4.78 is 6.15. The first kappa shape index (κ1) is 16.6. The van der Waals surface area contributed by atoms with E-state index in [4.69, 9.17) is 4.74 Å². The second-order valence-electron chi connectivity index (χ2n) is 9.16. The summed E-state index contributed by atoms with van der Waals surface area (Å²) in [6.45, 7) is 1.81. The van der Waals surface area contributed by atoms with E-state index >= 15 is 0 Å².